The third kappa shape index (κ3) is 4.20. The summed E-state index contributed by atoms with van der Waals surface area (Å²) in [6, 6.07) is 4.10. The molecule has 0 fully saturated rings. The molecule has 0 heterocycles. The van der Waals surface area contributed by atoms with Gasteiger partial charge in [-0.15, -0.1) is 0 Å². The highest BCUT2D eigenvalue weighted by Crippen LogP contribution is 2.28. The van der Waals surface area contributed by atoms with Crippen LogP contribution in [-0.2, 0) is 11.2 Å². The van der Waals surface area contributed by atoms with Gasteiger partial charge in [-0.2, -0.15) is 0 Å². The summed E-state index contributed by atoms with van der Waals surface area (Å²) >= 11 is 0. The average molecular weight is 281 g/mol. The van der Waals surface area contributed by atoms with Crippen LogP contribution in [0.25, 0.3) is 0 Å². The maximum absolute atomic E-state index is 11.2. The van der Waals surface area contributed by atoms with Gasteiger partial charge < -0.3 is 15.8 Å². The number of nitrogens with zero attached hydrogens (tertiary/aromatic N) is 1. The van der Waals surface area contributed by atoms with Gasteiger partial charge >= 0.3 is 5.69 Å². The number of nitro benzene ring substituents is 1. The smallest absolute Gasteiger partial charge is 0.311 e. The molecular formula is C13H19N3O4. The third-order valence-corrected chi connectivity index (χ3v) is 2.83. The first-order valence-corrected chi connectivity index (χ1v) is 6.42. The van der Waals surface area contributed by atoms with E-state index in [1.54, 1.807) is 12.1 Å². The van der Waals surface area contributed by atoms with Gasteiger partial charge in [0.25, 0.3) is 0 Å². The standard InChI is InChI=1S/C13H19N3O4/c1-3-9-5-6-12(11(7-9)16(18)19)20-8-10(13(14)17)15-4-2/h5-7,10,15H,3-4,8H2,1-2H3,(H2,14,17). The minimum atomic E-state index is -0.676. The van der Waals surface area contributed by atoms with Gasteiger partial charge in [0.15, 0.2) is 5.75 Å². The summed E-state index contributed by atoms with van der Waals surface area (Å²) in [4.78, 5) is 21.7. The lowest BCUT2D eigenvalue weighted by Gasteiger charge is -2.15. The Bertz CT molecular complexity index is 491. The fourth-order valence-electron chi connectivity index (χ4n) is 1.71. The van der Waals surface area contributed by atoms with Crippen LogP contribution in [-0.4, -0.2) is 30.0 Å². The second kappa shape index (κ2) is 7.44. The van der Waals surface area contributed by atoms with E-state index in [-0.39, 0.29) is 18.0 Å². The number of ether oxygens (including phenoxy) is 1. The molecule has 1 amide bonds. The molecule has 0 aliphatic carbocycles. The molecule has 20 heavy (non-hydrogen) atoms. The number of carbonyl (C=O) groups is 1. The fourth-order valence-corrected chi connectivity index (χ4v) is 1.71. The van der Waals surface area contributed by atoms with Crippen LogP contribution in [0.15, 0.2) is 18.2 Å². The summed E-state index contributed by atoms with van der Waals surface area (Å²) in [5, 5.41) is 13.9. The van der Waals surface area contributed by atoms with E-state index in [2.05, 4.69) is 5.32 Å². The number of nitro groups is 1. The molecule has 1 unspecified atom stereocenters. The first-order chi connectivity index (χ1) is 9.49. The Balaban J connectivity index is 2.86. The summed E-state index contributed by atoms with van der Waals surface area (Å²) in [7, 11) is 0. The monoisotopic (exact) mass is 281 g/mol. The van der Waals surface area contributed by atoms with Gasteiger partial charge in [0.2, 0.25) is 5.91 Å². The Labute approximate surface area is 117 Å². The van der Waals surface area contributed by atoms with Crippen molar-refractivity contribution in [1.82, 2.24) is 5.32 Å². The lowest BCUT2D eigenvalue weighted by atomic mass is 10.1. The van der Waals surface area contributed by atoms with Crippen molar-refractivity contribution < 1.29 is 14.5 Å². The summed E-state index contributed by atoms with van der Waals surface area (Å²) in [5.41, 5.74) is 5.96. The number of hydrogen-bond donors (Lipinski definition) is 2. The van der Waals surface area contributed by atoms with E-state index in [1.165, 1.54) is 6.07 Å². The van der Waals surface area contributed by atoms with Crippen LogP contribution in [0.2, 0.25) is 0 Å². The van der Waals surface area contributed by atoms with Crippen LogP contribution in [0.1, 0.15) is 19.4 Å². The van der Waals surface area contributed by atoms with Crippen molar-refractivity contribution in [2.75, 3.05) is 13.2 Å². The van der Waals surface area contributed by atoms with E-state index in [9.17, 15) is 14.9 Å². The molecule has 0 saturated heterocycles. The number of likely N-dealkylation sites (N-methyl/N-ethyl adjacent to an activating group) is 1. The Morgan fingerprint density at radius 2 is 2.20 bits per heavy atom. The Hall–Kier alpha value is -2.15. The number of nitrogens with two attached hydrogens (primary N) is 1. The van der Waals surface area contributed by atoms with Crippen molar-refractivity contribution >= 4 is 11.6 Å². The molecule has 1 atom stereocenters. The number of aryl methyl sites for hydroxylation is 1. The van der Waals surface area contributed by atoms with Crippen LogP contribution in [0, 0.1) is 10.1 Å². The van der Waals surface area contributed by atoms with Gasteiger partial charge in [0.1, 0.15) is 12.6 Å². The van der Waals surface area contributed by atoms with Crippen LogP contribution in [0.5, 0.6) is 5.75 Å². The molecule has 0 aromatic heterocycles. The van der Waals surface area contributed by atoms with E-state index in [0.717, 1.165) is 5.56 Å². The lowest BCUT2D eigenvalue weighted by molar-refractivity contribution is -0.385. The zero-order chi connectivity index (χ0) is 15.1. The molecule has 0 spiro atoms. The van der Waals surface area contributed by atoms with Crippen molar-refractivity contribution in [1.29, 1.82) is 0 Å². The number of amides is 1. The molecule has 0 radical (unpaired) electrons. The predicted octanol–water partition coefficient (Wildman–Crippen LogP) is 0.999. The molecule has 0 saturated carbocycles. The molecule has 7 nitrogen and oxygen atoms in total. The molecule has 3 N–H and O–H groups in total. The molecule has 110 valence electrons. The minimum Gasteiger partial charge on any atom is -0.485 e. The number of hydrogen-bond acceptors (Lipinski definition) is 5. The van der Waals surface area contributed by atoms with Crippen LogP contribution in [0.4, 0.5) is 5.69 Å². The van der Waals surface area contributed by atoms with Gasteiger partial charge in [0, 0.05) is 6.07 Å². The molecule has 1 rings (SSSR count). The maximum atomic E-state index is 11.2. The summed E-state index contributed by atoms with van der Waals surface area (Å²) in [6.07, 6.45) is 0.697. The van der Waals surface area contributed by atoms with Crippen molar-refractivity contribution in [3.05, 3.63) is 33.9 Å². The van der Waals surface area contributed by atoms with E-state index in [4.69, 9.17) is 10.5 Å². The molecular weight excluding hydrogens is 262 g/mol. The van der Waals surface area contributed by atoms with E-state index in [1.807, 2.05) is 13.8 Å². The van der Waals surface area contributed by atoms with E-state index < -0.39 is 16.9 Å². The third-order valence-electron chi connectivity index (χ3n) is 2.83. The first-order valence-electron chi connectivity index (χ1n) is 6.42. The van der Waals surface area contributed by atoms with Gasteiger partial charge in [-0.25, -0.2) is 0 Å². The topological polar surface area (TPSA) is 107 Å². The van der Waals surface area contributed by atoms with Crippen molar-refractivity contribution in [3.63, 3.8) is 0 Å². The average Bonchev–Trinajstić information content (AvgIpc) is 2.42. The Morgan fingerprint density at radius 1 is 1.50 bits per heavy atom. The molecule has 1 aromatic carbocycles. The van der Waals surface area contributed by atoms with E-state index in [0.29, 0.717) is 13.0 Å². The first kappa shape index (κ1) is 15.9. The number of benzene rings is 1. The molecule has 0 bridgehead atoms. The maximum Gasteiger partial charge on any atom is 0.311 e. The van der Waals surface area contributed by atoms with Gasteiger partial charge in [-0.3, -0.25) is 14.9 Å². The normalized spacial score (nSPS) is 11.9. The fraction of sp³-hybridized carbons (Fsp3) is 0.462. The SMILES string of the molecule is CCNC(COc1ccc(CC)cc1[N+](=O)[O-])C(N)=O. The number of rotatable bonds is 8. The number of nitrogens with one attached hydrogen (secondary N) is 1. The van der Waals surface area contributed by atoms with E-state index >= 15 is 0 Å². The number of primary amides is 1. The second-order valence-corrected chi connectivity index (χ2v) is 4.24. The van der Waals surface area contributed by atoms with Crippen LogP contribution in [0.3, 0.4) is 0 Å². The summed E-state index contributed by atoms with van der Waals surface area (Å²) < 4.78 is 5.37. The van der Waals surface area contributed by atoms with Crippen LogP contribution >= 0.6 is 0 Å². The summed E-state index contributed by atoms with van der Waals surface area (Å²) in [5.74, 6) is -0.420. The molecule has 0 aliphatic rings. The second-order valence-electron chi connectivity index (χ2n) is 4.24. The number of carbonyl (C=O) groups excluding carboxylic acids is 1. The van der Waals surface area contributed by atoms with Gasteiger partial charge in [0.05, 0.1) is 4.92 Å². The quantitative estimate of drug-likeness (QED) is 0.546. The van der Waals surface area contributed by atoms with Gasteiger partial charge in [-0.1, -0.05) is 19.9 Å². The minimum absolute atomic E-state index is 0.0461. The highest BCUT2D eigenvalue weighted by molar-refractivity contribution is 5.80. The molecule has 7 heteroatoms. The largest absolute Gasteiger partial charge is 0.485 e. The molecule has 0 aliphatic heterocycles. The van der Waals surface area contributed by atoms with Crippen molar-refractivity contribution in [2.24, 2.45) is 5.73 Å². The zero-order valence-electron chi connectivity index (χ0n) is 11.6. The highest BCUT2D eigenvalue weighted by atomic mass is 16.6. The predicted molar refractivity (Wildman–Crippen MR) is 74.6 cm³/mol. The van der Waals surface area contributed by atoms with Crippen molar-refractivity contribution in [3.8, 4) is 5.75 Å². The Morgan fingerprint density at radius 3 is 2.70 bits per heavy atom. The van der Waals surface area contributed by atoms with Gasteiger partial charge in [-0.05, 0) is 24.6 Å². The molecule has 1 aromatic rings. The Kier molecular flexibility index (Phi) is 5.92. The summed E-state index contributed by atoms with van der Waals surface area (Å²) in [6.45, 7) is 4.24. The van der Waals surface area contributed by atoms with Crippen LogP contribution < -0.4 is 15.8 Å². The lowest BCUT2D eigenvalue weighted by Crippen LogP contribution is -2.45. The van der Waals surface area contributed by atoms with Crippen molar-refractivity contribution in [2.45, 2.75) is 26.3 Å². The highest BCUT2D eigenvalue weighted by Gasteiger charge is 2.19. The zero-order valence-corrected chi connectivity index (χ0v) is 11.6.